The van der Waals surface area contributed by atoms with Gasteiger partial charge in [0.1, 0.15) is 0 Å². The molecular formula is C16H24N2O2S. The van der Waals surface area contributed by atoms with E-state index in [1.165, 1.54) is 30.6 Å². The van der Waals surface area contributed by atoms with Gasteiger partial charge in [0.2, 0.25) is 0 Å². The number of carbonyl (C=O) groups is 1. The molecule has 0 spiro atoms. The van der Waals surface area contributed by atoms with Crippen molar-refractivity contribution in [1.29, 1.82) is 0 Å². The molecule has 1 aromatic rings. The smallest absolute Gasteiger partial charge is 0.315 e. The quantitative estimate of drug-likeness (QED) is 0.898. The summed E-state index contributed by atoms with van der Waals surface area (Å²) >= 11 is 1.82. The van der Waals surface area contributed by atoms with Crippen molar-refractivity contribution in [3.05, 3.63) is 22.4 Å². The SMILES string of the molecule is O=C(NCC1(c2cccs2)CCCC1)NC1CCOCC1. The molecule has 0 bridgehead atoms. The second-order valence-corrected chi connectivity index (χ2v) is 7.13. The average molecular weight is 308 g/mol. The molecule has 1 aliphatic carbocycles. The lowest BCUT2D eigenvalue weighted by Gasteiger charge is -2.29. The Balaban J connectivity index is 1.53. The molecule has 0 atom stereocenters. The molecule has 0 radical (unpaired) electrons. The minimum Gasteiger partial charge on any atom is -0.381 e. The van der Waals surface area contributed by atoms with Gasteiger partial charge in [0.15, 0.2) is 0 Å². The molecular weight excluding hydrogens is 284 g/mol. The van der Waals surface area contributed by atoms with Gasteiger partial charge in [-0.2, -0.15) is 0 Å². The fraction of sp³-hybridized carbons (Fsp3) is 0.688. The van der Waals surface area contributed by atoms with Gasteiger partial charge in [0, 0.05) is 36.1 Å². The fourth-order valence-electron chi connectivity index (χ4n) is 3.47. The molecule has 2 N–H and O–H groups in total. The van der Waals surface area contributed by atoms with Crippen LogP contribution in [0.25, 0.3) is 0 Å². The summed E-state index contributed by atoms with van der Waals surface area (Å²) in [6.07, 6.45) is 6.74. The molecule has 3 rings (SSSR count). The molecule has 1 aliphatic heterocycles. The summed E-state index contributed by atoms with van der Waals surface area (Å²) in [5, 5.41) is 8.33. The zero-order chi connectivity index (χ0) is 14.5. The summed E-state index contributed by atoms with van der Waals surface area (Å²) in [5.41, 5.74) is 0.168. The average Bonchev–Trinajstić information content (AvgIpc) is 3.18. The highest BCUT2D eigenvalue weighted by Gasteiger charge is 2.36. The minimum absolute atomic E-state index is 0.0234. The van der Waals surface area contributed by atoms with Crippen LogP contribution in [0.5, 0.6) is 0 Å². The van der Waals surface area contributed by atoms with Gasteiger partial charge in [-0.15, -0.1) is 11.3 Å². The Kier molecular flexibility index (Phi) is 4.80. The van der Waals surface area contributed by atoms with Crippen LogP contribution in [0.4, 0.5) is 4.79 Å². The van der Waals surface area contributed by atoms with Crippen molar-refractivity contribution < 1.29 is 9.53 Å². The number of thiophene rings is 1. The minimum atomic E-state index is -0.0234. The number of ether oxygens (including phenoxy) is 1. The first-order valence-corrected chi connectivity index (χ1v) is 8.83. The molecule has 2 amide bonds. The topological polar surface area (TPSA) is 50.4 Å². The summed E-state index contributed by atoms with van der Waals surface area (Å²) < 4.78 is 5.32. The molecule has 1 saturated heterocycles. The maximum Gasteiger partial charge on any atom is 0.315 e. The number of nitrogens with one attached hydrogen (secondary N) is 2. The lowest BCUT2D eigenvalue weighted by Crippen LogP contribution is -2.48. The predicted molar refractivity (Wildman–Crippen MR) is 84.8 cm³/mol. The normalized spacial score (nSPS) is 22.1. The number of rotatable bonds is 4. The standard InChI is InChI=1S/C16H24N2O2S/c19-15(18-13-5-9-20-10-6-13)17-12-16(7-1-2-8-16)14-4-3-11-21-14/h3-4,11,13H,1-2,5-10,12H2,(H2,17,18,19). The van der Waals surface area contributed by atoms with Gasteiger partial charge in [-0.3, -0.25) is 0 Å². The van der Waals surface area contributed by atoms with E-state index >= 15 is 0 Å². The van der Waals surface area contributed by atoms with Crippen LogP contribution in [0.2, 0.25) is 0 Å². The van der Waals surface area contributed by atoms with Gasteiger partial charge in [-0.1, -0.05) is 18.9 Å². The molecule has 2 fully saturated rings. The third-order valence-electron chi connectivity index (χ3n) is 4.75. The Bertz CT molecular complexity index is 449. The summed E-state index contributed by atoms with van der Waals surface area (Å²) in [7, 11) is 0. The maximum absolute atomic E-state index is 12.1. The number of carbonyl (C=O) groups excluding carboxylic acids is 1. The lowest BCUT2D eigenvalue weighted by molar-refractivity contribution is 0.0800. The van der Waals surface area contributed by atoms with Gasteiger partial charge in [-0.25, -0.2) is 4.79 Å². The van der Waals surface area contributed by atoms with E-state index in [-0.39, 0.29) is 17.5 Å². The molecule has 4 nitrogen and oxygen atoms in total. The molecule has 1 aromatic heterocycles. The third kappa shape index (κ3) is 3.58. The monoisotopic (exact) mass is 308 g/mol. The van der Waals surface area contributed by atoms with Crippen molar-refractivity contribution in [2.24, 2.45) is 0 Å². The summed E-state index contributed by atoms with van der Waals surface area (Å²) in [6, 6.07) is 4.57. The first kappa shape index (κ1) is 14.9. The Labute approximate surface area is 130 Å². The van der Waals surface area contributed by atoms with Crippen molar-refractivity contribution in [1.82, 2.24) is 10.6 Å². The molecule has 116 valence electrons. The van der Waals surface area contributed by atoms with E-state index in [1.54, 1.807) is 0 Å². The third-order valence-corrected chi connectivity index (χ3v) is 5.86. The van der Waals surface area contributed by atoms with Gasteiger partial charge in [-0.05, 0) is 37.1 Å². The van der Waals surface area contributed by atoms with Gasteiger partial charge in [0.25, 0.3) is 0 Å². The highest BCUT2D eigenvalue weighted by Crippen LogP contribution is 2.42. The number of hydrogen-bond acceptors (Lipinski definition) is 3. The van der Waals surface area contributed by atoms with Crippen LogP contribution < -0.4 is 10.6 Å². The van der Waals surface area contributed by atoms with Gasteiger partial charge in [0.05, 0.1) is 0 Å². The van der Waals surface area contributed by atoms with Crippen molar-refractivity contribution in [2.45, 2.75) is 50.0 Å². The molecule has 0 aromatic carbocycles. The first-order valence-electron chi connectivity index (χ1n) is 7.95. The maximum atomic E-state index is 12.1. The molecule has 21 heavy (non-hydrogen) atoms. The van der Waals surface area contributed by atoms with E-state index in [4.69, 9.17) is 4.74 Å². The molecule has 1 saturated carbocycles. The Morgan fingerprint density at radius 3 is 2.76 bits per heavy atom. The Hall–Kier alpha value is -1.07. The number of urea groups is 1. The van der Waals surface area contributed by atoms with Gasteiger partial charge >= 0.3 is 6.03 Å². The van der Waals surface area contributed by atoms with Crippen LogP contribution in [0.3, 0.4) is 0 Å². The van der Waals surface area contributed by atoms with Crippen molar-refractivity contribution in [3.63, 3.8) is 0 Å². The molecule has 0 unspecified atom stereocenters. The van der Waals surface area contributed by atoms with E-state index in [0.29, 0.717) is 0 Å². The van der Waals surface area contributed by atoms with E-state index < -0.39 is 0 Å². The largest absolute Gasteiger partial charge is 0.381 e. The zero-order valence-electron chi connectivity index (χ0n) is 12.4. The van der Waals surface area contributed by atoms with Crippen molar-refractivity contribution >= 4 is 17.4 Å². The lowest BCUT2D eigenvalue weighted by atomic mass is 9.84. The first-order chi connectivity index (χ1) is 10.3. The molecule has 2 aliphatic rings. The molecule has 5 heteroatoms. The van der Waals surface area contributed by atoms with E-state index in [1.807, 2.05) is 11.3 Å². The summed E-state index contributed by atoms with van der Waals surface area (Å²) in [4.78, 5) is 13.5. The predicted octanol–water partition coefficient (Wildman–Crippen LogP) is 3.04. The van der Waals surface area contributed by atoms with Crippen LogP contribution in [-0.4, -0.2) is 31.8 Å². The van der Waals surface area contributed by atoms with Crippen LogP contribution in [0, 0.1) is 0 Å². The van der Waals surface area contributed by atoms with E-state index in [0.717, 1.165) is 32.6 Å². The summed E-state index contributed by atoms with van der Waals surface area (Å²) in [5.74, 6) is 0. The highest BCUT2D eigenvalue weighted by molar-refractivity contribution is 7.10. The Morgan fingerprint density at radius 1 is 1.33 bits per heavy atom. The summed E-state index contributed by atoms with van der Waals surface area (Å²) in [6.45, 7) is 2.26. The van der Waals surface area contributed by atoms with Crippen LogP contribution in [0.15, 0.2) is 17.5 Å². The zero-order valence-corrected chi connectivity index (χ0v) is 13.2. The fourth-order valence-corrected chi connectivity index (χ4v) is 4.46. The van der Waals surface area contributed by atoms with Crippen molar-refractivity contribution in [3.8, 4) is 0 Å². The second kappa shape index (κ2) is 6.79. The van der Waals surface area contributed by atoms with Crippen molar-refractivity contribution in [2.75, 3.05) is 19.8 Å². The van der Waals surface area contributed by atoms with Gasteiger partial charge < -0.3 is 15.4 Å². The van der Waals surface area contributed by atoms with E-state index in [2.05, 4.69) is 28.1 Å². The molecule has 2 heterocycles. The van der Waals surface area contributed by atoms with Crippen LogP contribution in [0.1, 0.15) is 43.4 Å². The number of amides is 2. The Morgan fingerprint density at radius 2 is 2.10 bits per heavy atom. The van der Waals surface area contributed by atoms with Crippen LogP contribution in [-0.2, 0) is 10.2 Å². The number of hydrogen-bond donors (Lipinski definition) is 2. The van der Waals surface area contributed by atoms with Crippen LogP contribution >= 0.6 is 11.3 Å². The second-order valence-electron chi connectivity index (χ2n) is 6.18. The van der Waals surface area contributed by atoms with E-state index in [9.17, 15) is 4.79 Å². The highest BCUT2D eigenvalue weighted by atomic mass is 32.1.